The van der Waals surface area contributed by atoms with Crippen molar-refractivity contribution in [3.8, 4) is 5.75 Å². The zero-order valence-electron chi connectivity index (χ0n) is 23.8. The van der Waals surface area contributed by atoms with Crippen molar-refractivity contribution >= 4 is 38.7 Å². The highest BCUT2D eigenvalue weighted by molar-refractivity contribution is 7.92. The third kappa shape index (κ3) is 5.36. The van der Waals surface area contributed by atoms with E-state index in [0.717, 1.165) is 53.1 Å². The first-order chi connectivity index (χ1) is 19.5. The summed E-state index contributed by atoms with van der Waals surface area (Å²) < 4.78 is 34.4. The highest BCUT2D eigenvalue weighted by Crippen LogP contribution is 2.51. The minimum atomic E-state index is -3.57. The fourth-order valence-corrected chi connectivity index (χ4v) is 5.77. The van der Waals surface area contributed by atoms with Crippen LogP contribution >= 0.6 is 0 Å². The van der Waals surface area contributed by atoms with Gasteiger partial charge < -0.3 is 14.6 Å². The molecule has 2 heterocycles. The molecule has 1 aromatic heterocycles. The Morgan fingerprint density at radius 3 is 2.56 bits per heavy atom. The number of sulfonamides is 1. The molecule has 11 nitrogen and oxygen atoms in total. The third-order valence-corrected chi connectivity index (χ3v) is 8.67. The van der Waals surface area contributed by atoms with Gasteiger partial charge in [-0.15, -0.1) is 5.53 Å². The summed E-state index contributed by atoms with van der Waals surface area (Å²) in [5.74, 6) is 1.55. The van der Waals surface area contributed by atoms with Gasteiger partial charge in [-0.2, -0.15) is 0 Å². The number of aryl methyl sites for hydroxylation is 1. The number of hydrogen-bond donors (Lipinski definition) is 4. The van der Waals surface area contributed by atoms with Crippen LogP contribution < -0.4 is 30.7 Å². The van der Waals surface area contributed by atoms with Crippen LogP contribution in [0.4, 0.5) is 17.1 Å². The quantitative estimate of drug-likeness (QED) is 0.299. The number of anilines is 3. The first-order valence-corrected chi connectivity index (χ1v) is 15.5. The summed E-state index contributed by atoms with van der Waals surface area (Å²) in [4.78, 5) is 18.2. The normalized spacial score (nSPS) is 17.6. The van der Waals surface area contributed by atoms with Crippen molar-refractivity contribution in [2.45, 2.75) is 50.9 Å². The summed E-state index contributed by atoms with van der Waals surface area (Å²) in [5.41, 5.74) is 12.0. The van der Waals surface area contributed by atoms with Gasteiger partial charge in [-0.05, 0) is 73.4 Å². The van der Waals surface area contributed by atoms with Gasteiger partial charge in [-0.25, -0.2) is 13.4 Å². The Hall–Kier alpha value is -4.03. The SMILES string of the molecule is COc1c(NC(=O)c2ccc(C)c(N3C=C(c4cnc(C5CC5)n4C)NN3)c2)cc(C2(C)CC2)cc1NS(C)(=O)=O. The van der Waals surface area contributed by atoms with Gasteiger partial charge in [0.2, 0.25) is 10.0 Å². The minimum absolute atomic E-state index is 0.0670. The van der Waals surface area contributed by atoms with E-state index in [1.807, 2.05) is 49.6 Å². The van der Waals surface area contributed by atoms with Gasteiger partial charge in [0.05, 0.1) is 54.2 Å². The predicted molar refractivity (Wildman–Crippen MR) is 159 cm³/mol. The first-order valence-electron chi connectivity index (χ1n) is 13.6. The van der Waals surface area contributed by atoms with Gasteiger partial charge in [0.1, 0.15) is 5.82 Å². The molecule has 216 valence electrons. The predicted octanol–water partition coefficient (Wildman–Crippen LogP) is 4.12. The molecule has 3 aromatic rings. The number of amides is 1. The zero-order valence-corrected chi connectivity index (χ0v) is 24.6. The van der Waals surface area contributed by atoms with Crippen LogP contribution in [0.3, 0.4) is 0 Å². The zero-order chi connectivity index (χ0) is 29.1. The minimum Gasteiger partial charge on any atom is -0.492 e. The molecule has 2 aromatic carbocycles. The van der Waals surface area contributed by atoms with E-state index in [1.165, 1.54) is 20.0 Å². The van der Waals surface area contributed by atoms with Crippen molar-refractivity contribution in [3.05, 3.63) is 70.9 Å². The van der Waals surface area contributed by atoms with Gasteiger partial charge in [-0.3, -0.25) is 20.0 Å². The van der Waals surface area contributed by atoms with Gasteiger partial charge in [0, 0.05) is 18.5 Å². The molecule has 6 rings (SSSR count). The molecule has 3 aliphatic rings. The Bertz CT molecular complexity index is 1690. The van der Waals surface area contributed by atoms with Gasteiger partial charge in [-0.1, -0.05) is 13.0 Å². The Balaban J connectivity index is 1.28. The Kier molecular flexibility index (Phi) is 6.50. The molecular formula is C29H35N7O4S. The highest BCUT2D eigenvalue weighted by atomic mass is 32.2. The van der Waals surface area contributed by atoms with Crippen molar-refractivity contribution in [3.63, 3.8) is 0 Å². The number of nitrogens with one attached hydrogen (secondary N) is 4. The molecule has 0 spiro atoms. The van der Waals surface area contributed by atoms with Crippen molar-refractivity contribution in [1.82, 2.24) is 20.5 Å². The molecule has 1 amide bonds. The van der Waals surface area contributed by atoms with Crippen molar-refractivity contribution in [2.24, 2.45) is 7.05 Å². The number of methoxy groups -OCH3 is 1. The lowest BCUT2D eigenvalue weighted by atomic mass is 9.96. The van der Waals surface area contributed by atoms with Crippen LogP contribution in [0.1, 0.15) is 71.5 Å². The molecule has 12 heteroatoms. The largest absolute Gasteiger partial charge is 0.492 e. The Morgan fingerprint density at radius 1 is 1.17 bits per heavy atom. The maximum atomic E-state index is 13.5. The van der Waals surface area contributed by atoms with E-state index in [9.17, 15) is 13.2 Å². The second-order valence-corrected chi connectivity index (χ2v) is 13.2. The summed E-state index contributed by atoms with van der Waals surface area (Å²) in [5, 5.41) is 4.80. The number of aromatic nitrogens is 2. The topological polar surface area (TPSA) is 130 Å². The number of hydrogen-bond acceptors (Lipinski definition) is 8. The van der Waals surface area contributed by atoms with Crippen molar-refractivity contribution < 1.29 is 17.9 Å². The number of hydrazine groups is 2. The highest BCUT2D eigenvalue weighted by Gasteiger charge is 2.40. The molecule has 2 saturated carbocycles. The van der Waals surface area contributed by atoms with Crippen molar-refractivity contribution in [2.75, 3.05) is 28.4 Å². The average molecular weight is 578 g/mol. The standard InChI is InChI=1S/C29H35N7O4S/c1-17-6-7-19(12-24(17)36-16-23(32-34-36)25-15-30-27(35(25)3)18-8-9-18)28(37)31-21-13-20(29(2)10-11-29)14-22(26(21)40-4)33-41(5,38)39/h6-7,12-16,18,32-34H,8-11H2,1-5H3,(H,31,37). The summed E-state index contributed by atoms with van der Waals surface area (Å²) in [6.45, 7) is 4.10. The molecule has 2 aliphatic carbocycles. The smallest absolute Gasteiger partial charge is 0.255 e. The van der Waals surface area contributed by atoms with Gasteiger partial charge in [0.15, 0.2) is 5.75 Å². The van der Waals surface area contributed by atoms with Crippen LogP contribution in [0.2, 0.25) is 0 Å². The van der Waals surface area contributed by atoms with Crippen molar-refractivity contribution in [1.29, 1.82) is 0 Å². The van der Waals surface area contributed by atoms with Crippen LogP contribution in [0, 0.1) is 6.92 Å². The number of rotatable bonds is 9. The van der Waals surface area contributed by atoms with E-state index in [2.05, 4.69) is 37.5 Å². The molecule has 0 radical (unpaired) electrons. The number of imidazole rings is 1. The number of carbonyl (C=O) groups excluding carboxylic acids is 1. The molecule has 0 saturated heterocycles. The molecule has 0 unspecified atom stereocenters. The van der Waals surface area contributed by atoms with Crippen LogP contribution in [0.25, 0.3) is 5.70 Å². The van der Waals surface area contributed by atoms with E-state index in [1.54, 1.807) is 12.1 Å². The van der Waals surface area contributed by atoms with E-state index in [-0.39, 0.29) is 17.1 Å². The van der Waals surface area contributed by atoms with E-state index in [4.69, 9.17) is 4.74 Å². The van der Waals surface area contributed by atoms with Crippen LogP contribution in [-0.2, 0) is 22.5 Å². The van der Waals surface area contributed by atoms with Crippen LogP contribution in [0.5, 0.6) is 5.75 Å². The molecule has 0 bridgehead atoms. The summed E-state index contributed by atoms with van der Waals surface area (Å²) in [6.07, 6.45) is 9.25. The second kappa shape index (κ2) is 9.81. The van der Waals surface area contributed by atoms with E-state index >= 15 is 0 Å². The molecular weight excluding hydrogens is 542 g/mol. The number of ether oxygens (including phenoxy) is 1. The van der Waals surface area contributed by atoms with E-state index in [0.29, 0.717) is 22.9 Å². The van der Waals surface area contributed by atoms with Crippen LogP contribution in [-0.4, -0.2) is 37.2 Å². The fourth-order valence-electron chi connectivity index (χ4n) is 5.22. The molecule has 2 fully saturated rings. The third-order valence-electron chi connectivity index (χ3n) is 8.08. The first kappa shape index (κ1) is 27.2. The molecule has 1 aliphatic heterocycles. The summed E-state index contributed by atoms with van der Waals surface area (Å²) >= 11 is 0. The maximum absolute atomic E-state index is 13.5. The second-order valence-electron chi connectivity index (χ2n) is 11.5. The monoisotopic (exact) mass is 577 g/mol. The van der Waals surface area contributed by atoms with E-state index < -0.39 is 10.0 Å². The summed E-state index contributed by atoms with van der Waals surface area (Å²) in [7, 11) is -0.0882. The fraction of sp³-hybridized carbons (Fsp3) is 0.379. The lowest BCUT2D eigenvalue weighted by Gasteiger charge is -2.20. The summed E-state index contributed by atoms with van der Waals surface area (Å²) in [6, 6.07) is 9.13. The van der Waals surface area contributed by atoms with Gasteiger partial charge >= 0.3 is 0 Å². The Morgan fingerprint density at radius 2 is 1.90 bits per heavy atom. The molecule has 4 N–H and O–H groups in total. The van der Waals surface area contributed by atoms with Crippen LogP contribution in [0.15, 0.2) is 42.7 Å². The lowest BCUT2D eigenvalue weighted by Crippen LogP contribution is -2.36. The van der Waals surface area contributed by atoms with Gasteiger partial charge in [0.25, 0.3) is 5.91 Å². The number of nitrogens with zero attached hydrogens (tertiary/aromatic N) is 3. The maximum Gasteiger partial charge on any atom is 0.255 e. The molecule has 0 atom stereocenters. The lowest BCUT2D eigenvalue weighted by molar-refractivity contribution is 0.102. The molecule has 41 heavy (non-hydrogen) atoms. The Labute approximate surface area is 240 Å². The number of benzene rings is 2. The number of carbonyl (C=O) groups is 1. The average Bonchev–Trinajstić information content (AvgIpc) is 3.81.